The summed E-state index contributed by atoms with van der Waals surface area (Å²) in [4.78, 5) is 14.9. The first-order valence-corrected chi connectivity index (χ1v) is 9.49. The highest BCUT2D eigenvalue weighted by Crippen LogP contribution is 2.41. The van der Waals surface area contributed by atoms with Gasteiger partial charge in [0.05, 0.1) is 12.2 Å². The summed E-state index contributed by atoms with van der Waals surface area (Å²) in [7, 11) is 0. The maximum absolute atomic E-state index is 12.5. The third kappa shape index (κ3) is 2.74. The Morgan fingerprint density at radius 1 is 1.19 bits per heavy atom. The molecule has 1 saturated heterocycles. The van der Waals surface area contributed by atoms with E-state index >= 15 is 0 Å². The molecule has 0 radical (unpaired) electrons. The molecule has 1 unspecified atom stereocenters. The van der Waals surface area contributed by atoms with Gasteiger partial charge in [0.25, 0.3) is 5.91 Å². The number of para-hydroxylation sites is 1. The molecule has 2 aromatic carbocycles. The minimum Gasteiger partial charge on any atom is -0.487 e. The van der Waals surface area contributed by atoms with Crippen molar-refractivity contribution >= 4 is 22.9 Å². The van der Waals surface area contributed by atoms with Gasteiger partial charge >= 0.3 is 0 Å². The van der Waals surface area contributed by atoms with Gasteiger partial charge in [-0.1, -0.05) is 36.4 Å². The molecular formula is C22H22N2O3. The number of hydrogen-bond donors (Lipinski definition) is 2. The van der Waals surface area contributed by atoms with Crippen molar-refractivity contribution < 1.29 is 14.6 Å². The first-order valence-electron chi connectivity index (χ1n) is 9.49. The predicted molar refractivity (Wildman–Crippen MR) is 104 cm³/mol. The van der Waals surface area contributed by atoms with E-state index in [1.807, 2.05) is 24.3 Å². The molecule has 5 nitrogen and oxygen atoms in total. The summed E-state index contributed by atoms with van der Waals surface area (Å²) in [6, 6.07) is 14.3. The van der Waals surface area contributed by atoms with Crippen LogP contribution >= 0.6 is 0 Å². The number of benzene rings is 2. The molecule has 1 atom stereocenters. The Morgan fingerprint density at radius 2 is 2.07 bits per heavy atom. The minimum absolute atomic E-state index is 0.106. The zero-order chi connectivity index (χ0) is 18.4. The Labute approximate surface area is 158 Å². The molecule has 0 aliphatic carbocycles. The molecule has 0 spiro atoms. The summed E-state index contributed by atoms with van der Waals surface area (Å²) in [5.41, 5.74) is 5.70. The standard InChI is InChI=1S/C22H22N2O3/c25-12-16-4-3-9-24(16)11-14-7-8-17-15(10-14)13-27-21(17)20-18-5-1-2-6-19(18)23-22(20)26/h1-2,5-8,10,16,25H,3-4,9,11-13H2,(H,23,26). The molecule has 27 heavy (non-hydrogen) atoms. The van der Waals surface area contributed by atoms with Crippen molar-refractivity contribution in [2.75, 3.05) is 18.5 Å². The molecule has 138 valence electrons. The Bertz CT molecular complexity index is 950. The van der Waals surface area contributed by atoms with Gasteiger partial charge in [-0.2, -0.15) is 0 Å². The van der Waals surface area contributed by atoms with Crippen LogP contribution in [0.25, 0.3) is 11.3 Å². The number of amides is 1. The van der Waals surface area contributed by atoms with Gasteiger partial charge in [-0.05, 0) is 31.0 Å². The fourth-order valence-electron chi connectivity index (χ4n) is 4.41. The van der Waals surface area contributed by atoms with Gasteiger partial charge in [0.2, 0.25) is 0 Å². The maximum Gasteiger partial charge on any atom is 0.260 e. The lowest BCUT2D eigenvalue weighted by atomic mass is 9.99. The summed E-state index contributed by atoms with van der Waals surface area (Å²) < 4.78 is 5.97. The number of nitrogens with one attached hydrogen (secondary N) is 1. The van der Waals surface area contributed by atoms with E-state index in [1.54, 1.807) is 0 Å². The van der Waals surface area contributed by atoms with Crippen molar-refractivity contribution in [2.45, 2.75) is 32.0 Å². The Kier molecular flexibility index (Phi) is 3.99. The third-order valence-corrected chi connectivity index (χ3v) is 5.78. The van der Waals surface area contributed by atoms with Gasteiger partial charge in [0.15, 0.2) is 0 Å². The van der Waals surface area contributed by atoms with Gasteiger partial charge in [0, 0.05) is 35.0 Å². The van der Waals surface area contributed by atoms with Crippen LogP contribution in [0.4, 0.5) is 5.69 Å². The number of carbonyl (C=O) groups is 1. The lowest BCUT2D eigenvalue weighted by Crippen LogP contribution is -2.31. The number of hydrogen-bond acceptors (Lipinski definition) is 4. The number of likely N-dealkylation sites (tertiary alicyclic amines) is 1. The van der Waals surface area contributed by atoms with Crippen LogP contribution in [0.15, 0.2) is 42.5 Å². The zero-order valence-electron chi connectivity index (χ0n) is 15.1. The quantitative estimate of drug-likeness (QED) is 0.824. The van der Waals surface area contributed by atoms with Crippen LogP contribution in [-0.2, 0) is 22.7 Å². The highest BCUT2D eigenvalue weighted by atomic mass is 16.5. The van der Waals surface area contributed by atoms with Gasteiger partial charge in [-0.3, -0.25) is 9.69 Å². The molecule has 3 aliphatic rings. The second-order valence-corrected chi connectivity index (χ2v) is 7.43. The summed E-state index contributed by atoms with van der Waals surface area (Å²) in [5, 5.41) is 12.4. The molecule has 0 aromatic heterocycles. The van der Waals surface area contributed by atoms with E-state index < -0.39 is 0 Å². The second kappa shape index (κ2) is 6.51. The van der Waals surface area contributed by atoms with Crippen LogP contribution in [0.2, 0.25) is 0 Å². The highest BCUT2D eigenvalue weighted by Gasteiger charge is 2.32. The van der Waals surface area contributed by atoms with Crippen molar-refractivity contribution in [2.24, 2.45) is 0 Å². The summed E-state index contributed by atoms with van der Waals surface area (Å²) in [6.45, 7) is 2.58. The number of fused-ring (bicyclic) bond motifs is 2. The Hall–Kier alpha value is -2.63. The third-order valence-electron chi connectivity index (χ3n) is 5.78. The van der Waals surface area contributed by atoms with E-state index in [4.69, 9.17) is 4.74 Å². The maximum atomic E-state index is 12.5. The van der Waals surface area contributed by atoms with Crippen LogP contribution in [-0.4, -0.2) is 35.1 Å². The topological polar surface area (TPSA) is 61.8 Å². The molecule has 5 heteroatoms. The van der Waals surface area contributed by atoms with Crippen LogP contribution in [0.1, 0.15) is 35.1 Å². The summed E-state index contributed by atoms with van der Waals surface area (Å²) in [5.74, 6) is 0.569. The molecule has 0 saturated carbocycles. The van der Waals surface area contributed by atoms with Crippen molar-refractivity contribution in [3.05, 3.63) is 64.7 Å². The lowest BCUT2D eigenvalue weighted by molar-refractivity contribution is -0.110. The van der Waals surface area contributed by atoms with Gasteiger partial charge < -0.3 is 15.2 Å². The van der Waals surface area contributed by atoms with E-state index in [-0.39, 0.29) is 18.6 Å². The number of carbonyl (C=O) groups excluding carboxylic acids is 1. The number of rotatable bonds is 3. The Balaban J connectivity index is 1.48. The van der Waals surface area contributed by atoms with E-state index in [0.29, 0.717) is 17.9 Å². The molecule has 3 heterocycles. The van der Waals surface area contributed by atoms with E-state index in [1.165, 1.54) is 5.56 Å². The Morgan fingerprint density at radius 3 is 2.96 bits per heavy atom. The SMILES string of the molecule is O=C1Nc2ccccc2C1=C1OCc2cc(CN3CCCC3CO)ccc21. The van der Waals surface area contributed by atoms with E-state index in [2.05, 4.69) is 28.4 Å². The average molecular weight is 362 g/mol. The molecule has 2 N–H and O–H groups in total. The number of aliphatic hydroxyl groups is 1. The van der Waals surface area contributed by atoms with Gasteiger partial charge in [-0.25, -0.2) is 0 Å². The number of aliphatic hydroxyl groups excluding tert-OH is 1. The molecule has 1 amide bonds. The zero-order valence-corrected chi connectivity index (χ0v) is 15.1. The van der Waals surface area contributed by atoms with Crippen molar-refractivity contribution in [3.63, 3.8) is 0 Å². The van der Waals surface area contributed by atoms with E-state index in [9.17, 15) is 9.90 Å². The van der Waals surface area contributed by atoms with Crippen LogP contribution in [0.3, 0.4) is 0 Å². The molecule has 3 aliphatic heterocycles. The van der Waals surface area contributed by atoms with Crippen molar-refractivity contribution in [3.8, 4) is 0 Å². The fraction of sp³-hybridized carbons (Fsp3) is 0.318. The number of nitrogens with zero attached hydrogens (tertiary/aromatic N) is 1. The van der Waals surface area contributed by atoms with Crippen molar-refractivity contribution in [1.82, 2.24) is 4.90 Å². The predicted octanol–water partition coefficient (Wildman–Crippen LogP) is 2.99. The monoisotopic (exact) mass is 362 g/mol. The minimum atomic E-state index is -0.106. The smallest absolute Gasteiger partial charge is 0.260 e. The molecular weight excluding hydrogens is 340 g/mol. The molecule has 2 aromatic rings. The van der Waals surface area contributed by atoms with Crippen LogP contribution in [0, 0.1) is 0 Å². The first-order chi connectivity index (χ1) is 13.2. The number of ether oxygens (including phenoxy) is 1. The number of anilines is 1. The lowest BCUT2D eigenvalue weighted by Gasteiger charge is -2.22. The van der Waals surface area contributed by atoms with Crippen LogP contribution in [0.5, 0.6) is 0 Å². The van der Waals surface area contributed by atoms with Gasteiger partial charge in [-0.15, -0.1) is 0 Å². The molecule has 5 rings (SSSR count). The van der Waals surface area contributed by atoms with E-state index in [0.717, 1.165) is 48.3 Å². The second-order valence-electron chi connectivity index (χ2n) is 7.43. The highest BCUT2D eigenvalue weighted by molar-refractivity contribution is 6.36. The fourth-order valence-corrected chi connectivity index (χ4v) is 4.41. The van der Waals surface area contributed by atoms with Crippen LogP contribution < -0.4 is 5.32 Å². The summed E-state index contributed by atoms with van der Waals surface area (Å²) in [6.07, 6.45) is 2.21. The van der Waals surface area contributed by atoms with Gasteiger partial charge in [0.1, 0.15) is 12.4 Å². The summed E-state index contributed by atoms with van der Waals surface area (Å²) >= 11 is 0. The molecule has 1 fully saturated rings. The normalized spacial score (nSPS) is 23.9. The molecule has 0 bridgehead atoms. The van der Waals surface area contributed by atoms with Crippen molar-refractivity contribution in [1.29, 1.82) is 0 Å². The average Bonchev–Trinajstić information content (AvgIpc) is 3.37. The first kappa shape index (κ1) is 16.5. The largest absolute Gasteiger partial charge is 0.487 e.